The largest absolute Gasteiger partial charge is 0.472 e. The molecule has 0 aromatic heterocycles. The van der Waals surface area contributed by atoms with Crippen LogP contribution in [-0.2, 0) is 32.7 Å². The molecule has 0 rings (SSSR count). The Kier molecular flexibility index (Phi) is 39.1. The second-order valence-corrected chi connectivity index (χ2v) is 15.7. The number of esters is 2. The third-order valence-corrected chi connectivity index (χ3v) is 9.92. The summed E-state index contributed by atoms with van der Waals surface area (Å²) in [4.78, 5) is 34.9. The number of allylic oxidation sites excluding steroid dienone is 8. The Hall–Kier alpha value is -2.03. The minimum Gasteiger partial charge on any atom is -0.462 e. The molecule has 0 aromatic rings. The van der Waals surface area contributed by atoms with E-state index in [2.05, 4.69) is 62.5 Å². The van der Waals surface area contributed by atoms with Gasteiger partial charge in [-0.15, -0.1) is 0 Å². The monoisotopic (exact) mass is 782 g/mol. The van der Waals surface area contributed by atoms with E-state index in [4.69, 9.17) is 24.3 Å². The molecule has 0 aliphatic heterocycles. The van der Waals surface area contributed by atoms with Crippen LogP contribution >= 0.6 is 7.82 Å². The predicted octanol–water partition coefficient (Wildman–Crippen LogP) is 12.3. The van der Waals surface area contributed by atoms with Crippen molar-refractivity contribution in [2.45, 2.75) is 193 Å². The van der Waals surface area contributed by atoms with E-state index in [-0.39, 0.29) is 32.6 Å². The molecule has 0 saturated heterocycles. The smallest absolute Gasteiger partial charge is 0.462 e. The lowest BCUT2D eigenvalue weighted by Crippen LogP contribution is -2.29. The molecule has 2 atom stereocenters. The van der Waals surface area contributed by atoms with Crippen LogP contribution in [0.1, 0.15) is 187 Å². The fraction of sp³-hybridized carbons (Fsp3) is 0.773. The Morgan fingerprint density at radius 2 is 0.963 bits per heavy atom. The third-order valence-electron chi connectivity index (χ3n) is 8.94. The summed E-state index contributed by atoms with van der Waals surface area (Å²) >= 11 is 0. The van der Waals surface area contributed by atoms with Gasteiger partial charge < -0.3 is 20.1 Å². The molecule has 0 fully saturated rings. The zero-order chi connectivity index (χ0) is 39.6. The first kappa shape index (κ1) is 52.0. The average Bonchev–Trinajstić information content (AvgIpc) is 3.16. The van der Waals surface area contributed by atoms with Crippen molar-refractivity contribution in [3.63, 3.8) is 0 Å². The minimum atomic E-state index is -4.38. The van der Waals surface area contributed by atoms with Crippen LogP contribution in [0.2, 0.25) is 0 Å². The van der Waals surface area contributed by atoms with Gasteiger partial charge in [-0.2, -0.15) is 0 Å². The number of carbonyl (C=O) groups excluding carboxylic acids is 2. The lowest BCUT2D eigenvalue weighted by molar-refractivity contribution is -0.161. The molecule has 0 spiro atoms. The highest BCUT2D eigenvalue weighted by Gasteiger charge is 2.26. The molecule has 0 radical (unpaired) electrons. The van der Waals surface area contributed by atoms with Crippen LogP contribution in [0.15, 0.2) is 48.6 Å². The summed E-state index contributed by atoms with van der Waals surface area (Å²) in [6.07, 6.45) is 45.6. The van der Waals surface area contributed by atoms with E-state index in [1.807, 2.05) is 0 Å². The van der Waals surface area contributed by atoms with Crippen LogP contribution < -0.4 is 5.73 Å². The maximum atomic E-state index is 12.6. The van der Waals surface area contributed by atoms with Gasteiger partial charge in [0.15, 0.2) is 6.10 Å². The van der Waals surface area contributed by atoms with Crippen molar-refractivity contribution in [3.05, 3.63) is 48.6 Å². The van der Waals surface area contributed by atoms with Gasteiger partial charge >= 0.3 is 19.8 Å². The molecule has 314 valence electrons. The molecule has 54 heavy (non-hydrogen) atoms. The summed E-state index contributed by atoms with van der Waals surface area (Å²) < 4.78 is 32.8. The standard InChI is InChI=1S/C44H80NO8P/c1-3-5-7-9-11-13-15-17-19-21-23-25-27-29-31-33-35-37-44(47)53-42(41-52-54(48,49)51-39-38-45)40-50-43(46)36-34-32-30-28-26-24-22-20-18-16-14-12-10-8-6-4-2/h11,13-14,16-17,19-20,22,42H,3-10,12,15,18,21,23-41,45H2,1-2H3,(H,48,49)/b13-11-,16-14-,19-17-,22-20-. The van der Waals surface area contributed by atoms with Gasteiger partial charge in [0.25, 0.3) is 0 Å². The van der Waals surface area contributed by atoms with Crippen LogP contribution in [0.25, 0.3) is 0 Å². The summed E-state index contributed by atoms with van der Waals surface area (Å²) in [5.41, 5.74) is 5.34. The number of ether oxygens (including phenoxy) is 2. The first-order valence-electron chi connectivity index (χ1n) is 21.6. The number of nitrogens with two attached hydrogens (primary N) is 1. The number of carbonyl (C=O) groups is 2. The van der Waals surface area contributed by atoms with Gasteiger partial charge in [-0.25, -0.2) is 4.57 Å². The summed E-state index contributed by atoms with van der Waals surface area (Å²) in [7, 11) is -4.38. The van der Waals surface area contributed by atoms with E-state index in [1.165, 1.54) is 77.0 Å². The van der Waals surface area contributed by atoms with Crippen molar-refractivity contribution in [2.24, 2.45) is 5.73 Å². The van der Waals surface area contributed by atoms with Gasteiger partial charge in [0.05, 0.1) is 13.2 Å². The van der Waals surface area contributed by atoms with Crippen molar-refractivity contribution >= 4 is 19.8 Å². The van der Waals surface area contributed by atoms with Crippen molar-refractivity contribution in [1.29, 1.82) is 0 Å². The number of phosphoric acid groups is 1. The lowest BCUT2D eigenvalue weighted by Gasteiger charge is -2.19. The van der Waals surface area contributed by atoms with Gasteiger partial charge in [-0.3, -0.25) is 18.6 Å². The number of hydrogen-bond acceptors (Lipinski definition) is 8. The minimum absolute atomic E-state index is 0.0485. The highest BCUT2D eigenvalue weighted by Crippen LogP contribution is 2.43. The first-order chi connectivity index (χ1) is 26.3. The van der Waals surface area contributed by atoms with E-state index < -0.39 is 32.5 Å². The molecule has 10 heteroatoms. The molecule has 0 amide bonds. The topological polar surface area (TPSA) is 134 Å². The molecule has 2 unspecified atom stereocenters. The molecule has 0 saturated carbocycles. The van der Waals surface area contributed by atoms with Crippen LogP contribution in [0.5, 0.6) is 0 Å². The Morgan fingerprint density at radius 3 is 1.44 bits per heavy atom. The molecule has 0 aromatic carbocycles. The van der Waals surface area contributed by atoms with Crippen molar-refractivity contribution in [2.75, 3.05) is 26.4 Å². The number of phosphoric ester groups is 1. The van der Waals surface area contributed by atoms with Gasteiger partial charge in [-0.05, 0) is 77.0 Å². The second-order valence-electron chi connectivity index (χ2n) is 14.2. The zero-order valence-corrected chi connectivity index (χ0v) is 35.3. The van der Waals surface area contributed by atoms with Crippen LogP contribution in [-0.4, -0.2) is 49.3 Å². The Balaban J connectivity index is 4.20. The van der Waals surface area contributed by atoms with E-state index in [1.54, 1.807) is 0 Å². The number of unbranched alkanes of at least 4 members (excludes halogenated alkanes) is 19. The van der Waals surface area contributed by atoms with E-state index in [9.17, 15) is 19.0 Å². The molecule has 0 aliphatic rings. The van der Waals surface area contributed by atoms with Crippen LogP contribution in [0.4, 0.5) is 0 Å². The molecular formula is C44H80NO8P. The maximum absolute atomic E-state index is 12.6. The first-order valence-corrected chi connectivity index (χ1v) is 23.1. The van der Waals surface area contributed by atoms with E-state index in [0.29, 0.717) is 12.8 Å². The van der Waals surface area contributed by atoms with E-state index in [0.717, 1.165) is 70.6 Å². The quantitative estimate of drug-likeness (QED) is 0.0269. The second kappa shape index (κ2) is 40.6. The fourth-order valence-electron chi connectivity index (χ4n) is 5.69. The van der Waals surface area contributed by atoms with Crippen molar-refractivity contribution in [1.82, 2.24) is 0 Å². The van der Waals surface area contributed by atoms with Gasteiger partial charge in [-0.1, -0.05) is 146 Å². The molecule has 0 bridgehead atoms. The highest BCUT2D eigenvalue weighted by molar-refractivity contribution is 7.47. The fourth-order valence-corrected chi connectivity index (χ4v) is 6.46. The van der Waals surface area contributed by atoms with Gasteiger partial charge in [0.2, 0.25) is 0 Å². The molecule has 3 N–H and O–H groups in total. The average molecular weight is 782 g/mol. The summed E-state index contributed by atoms with van der Waals surface area (Å²) in [6, 6.07) is 0. The van der Waals surface area contributed by atoms with E-state index >= 15 is 0 Å². The zero-order valence-electron chi connectivity index (χ0n) is 34.4. The van der Waals surface area contributed by atoms with Gasteiger partial charge in [0, 0.05) is 19.4 Å². The van der Waals surface area contributed by atoms with Gasteiger partial charge in [0.1, 0.15) is 6.61 Å². The summed E-state index contributed by atoms with van der Waals surface area (Å²) in [5.74, 6) is -0.854. The Morgan fingerprint density at radius 1 is 0.556 bits per heavy atom. The number of hydrogen-bond donors (Lipinski definition) is 2. The molecule has 0 aliphatic carbocycles. The SMILES string of the molecule is CCCCC/C=C\C/C=C\CCCCCCCCCC(=O)OC(COC(=O)CCCCCCC/C=C\C/C=C\CCCCCC)COP(=O)(O)OCCN. The predicted molar refractivity (Wildman–Crippen MR) is 224 cm³/mol. The van der Waals surface area contributed by atoms with Crippen molar-refractivity contribution < 1.29 is 37.6 Å². The maximum Gasteiger partial charge on any atom is 0.472 e. The Labute approximate surface area is 330 Å². The summed E-state index contributed by atoms with van der Waals surface area (Å²) in [6.45, 7) is 3.66. The van der Waals surface area contributed by atoms with Crippen molar-refractivity contribution in [3.8, 4) is 0 Å². The lowest BCUT2D eigenvalue weighted by atomic mass is 10.1. The Bertz CT molecular complexity index is 1030. The highest BCUT2D eigenvalue weighted by atomic mass is 31.2. The number of rotatable bonds is 40. The summed E-state index contributed by atoms with van der Waals surface area (Å²) in [5, 5.41) is 0. The van der Waals surface area contributed by atoms with Crippen LogP contribution in [0.3, 0.4) is 0 Å². The molecule has 0 heterocycles. The third kappa shape index (κ3) is 39.7. The molecular weight excluding hydrogens is 701 g/mol. The van der Waals surface area contributed by atoms with Crippen LogP contribution in [0, 0.1) is 0 Å². The normalized spacial score (nSPS) is 13.8. The molecule has 9 nitrogen and oxygen atoms in total.